The van der Waals surface area contributed by atoms with E-state index in [1.54, 1.807) is 16.4 Å². The number of hydrogen-bond donors (Lipinski definition) is 1. The lowest BCUT2D eigenvalue weighted by Crippen LogP contribution is -2.38. The molecule has 1 aliphatic carbocycles. The van der Waals surface area contributed by atoms with Crippen LogP contribution in [0, 0.1) is 11.8 Å². The van der Waals surface area contributed by atoms with E-state index in [0.717, 1.165) is 36.1 Å². The molecule has 2 heterocycles. The third-order valence-corrected chi connectivity index (χ3v) is 9.76. The van der Waals surface area contributed by atoms with Crippen LogP contribution in [-0.2, 0) is 10.0 Å². The van der Waals surface area contributed by atoms with Crippen LogP contribution in [0.2, 0.25) is 10.0 Å². The number of fused-ring (bicyclic) bond motifs is 3. The van der Waals surface area contributed by atoms with Crippen LogP contribution >= 0.6 is 23.2 Å². The van der Waals surface area contributed by atoms with Crippen LogP contribution in [0.1, 0.15) is 49.3 Å². The van der Waals surface area contributed by atoms with Gasteiger partial charge < -0.3 is 5.32 Å². The monoisotopic (exact) mass is 476 g/mol. The Balaban J connectivity index is 1.51. The number of benzene rings is 2. The van der Waals surface area contributed by atoms with Gasteiger partial charge in [0.25, 0.3) is 0 Å². The second-order valence-electron chi connectivity index (χ2n) is 8.95. The lowest BCUT2D eigenvalue weighted by atomic mass is 9.77. The van der Waals surface area contributed by atoms with Crippen molar-refractivity contribution >= 4 is 38.9 Å². The average molecular weight is 477 g/mol. The van der Waals surface area contributed by atoms with Crippen molar-refractivity contribution in [1.29, 1.82) is 0 Å². The maximum atomic E-state index is 13.3. The number of nitrogens with zero attached hydrogens (tertiary/aromatic N) is 1. The van der Waals surface area contributed by atoms with Gasteiger partial charge in [0.2, 0.25) is 10.0 Å². The smallest absolute Gasteiger partial charge is 0.243 e. The molecular formula is C24H26Cl2N2O2S. The Morgan fingerprint density at radius 2 is 1.84 bits per heavy atom. The van der Waals surface area contributed by atoms with Crippen molar-refractivity contribution in [3.8, 4) is 0 Å². The number of nitrogens with one attached hydrogen (secondary N) is 1. The molecule has 0 saturated carbocycles. The molecule has 0 aromatic heterocycles. The molecule has 1 N–H and O–H groups in total. The van der Waals surface area contributed by atoms with Gasteiger partial charge in [0.1, 0.15) is 0 Å². The first-order chi connectivity index (χ1) is 14.9. The minimum absolute atomic E-state index is 0.0183. The number of sulfonamides is 1. The van der Waals surface area contributed by atoms with Crippen molar-refractivity contribution in [3.63, 3.8) is 0 Å². The molecule has 2 aliphatic heterocycles. The second kappa shape index (κ2) is 8.11. The predicted molar refractivity (Wildman–Crippen MR) is 126 cm³/mol. The van der Waals surface area contributed by atoms with E-state index in [4.69, 9.17) is 23.2 Å². The van der Waals surface area contributed by atoms with Gasteiger partial charge in [-0.25, -0.2) is 8.42 Å². The van der Waals surface area contributed by atoms with Gasteiger partial charge in [0, 0.05) is 24.7 Å². The fourth-order valence-electron chi connectivity index (χ4n) is 5.18. The fourth-order valence-corrected chi connectivity index (χ4v) is 7.11. The minimum Gasteiger partial charge on any atom is -0.378 e. The summed E-state index contributed by atoms with van der Waals surface area (Å²) in [5, 5.41) is 4.75. The average Bonchev–Trinajstić information content (AvgIpc) is 3.25. The fraction of sp³-hybridized carbons (Fsp3) is 0.417. The molecule has 2 aromatic rings. The first kappa shape index (κ1) is 21.3. The lowest BCUT2D eigenvalue weighted by Gasteiger charge is -2.38. The molecule has 0 radical (unpaired) electrons. The Labute approximate surface area is 194 Å². The Morgan fingerprint density at radius 1 is 1.06 bits per heavy atom. The summed E-state index contributed by atoms with van der Waals surface area (Å²) in [7, 11) is -3.48. The van der Waals surface area contributed by atoms with Crippen LogP contribution in [-0.4, -0.2) is 25.8 Å². The van der Waals surface area contributed by atoms with Gasteiger partial charge in [-0.05, 0) is 66.5 Å². The summed E-state index contributed by atoms with van der Waals surface area (Å²) in [6, 6.07) is 11.3. The van der Waals surface area contributed by atoms with Crippen LogP contribution in [0.25, 0.3) is 0 Å². The Morgan fingerprint density at radius 3 is 2.61 bits per heavy atom. The molecule has 7 heteroatoms. The van der Waals surface area contributed by atoms with E-state index in [0.29, 0.717) is 33.9 Å². The van der Waals surface area contributed by atoms with E-state index in [2.05, 4.69) is 24.4 Å². The summed E-state index contributed by atoms with van der Waals surface area (Å²) >= 11 is 12.8. The van der Waals surface area contributed by atoms with Crippen molar-refractivity contribution in [2.45, 2.75) is 43.0 Å². The highest BCUT2D eigenvalue weighted by molar-refractivity contribution is 7.89. The van der Waals surface area contributed by atoms with Crippen molar-refractivity contribution in [1.82, 2.24) is 4.31 Å². The molecule has 2 aromatic carbocycles. The van der Waals surface area contributed by atoms with Crippen LogP contribution in [0.3, 0.4) is 0 Å². The van der Waals surface area contributed by atoms with E-state index in [1.165, 1.54) is 0 Å². The van der Waals surface area contributed by atoms with E-state index in [-0.39, 0.29) is 17.9 Å². The second-order valence-corrected chi connectivity index (χ2v) is 11.7. The summed E-state index contributed by atoms with van der Waals surface area (Å²) in [5.41, 5.74) is 2.98. The maximum absolute atomic E-state index is 13.3. The maximum Gasteiger partial charge on any atom is 0.243 e. The zero-order chi connectivity index (χ0) is 21.8. The summed E-state index contributed by atoms with van der Waals surface area (Å²) in [6.45, 7) is 3.38. The zero-order valence-corrected chi connectivity index (χ0v) is 19.7. The highest BCUT2D eigenvalue weighted by Crippen LogP contribution is 2.51. The third kappa shape index (κ3) is 3.70. The van der Waals surface area contributed by atoms with Crippen LogP contribution in [0.15, 0.2) is 53.4 Å². The van der Waals surface area contributed by atoms with Crippen LogP contribution in [0.4, 0.5) is 5.69 Å². The summed E-state index contributed by atoms with van der Waals surface area (Å²) in [4.78, 5) is 0.390. The topological polar surface area (TPSA) is 49.4 Å². The van der Waals surface area contributed by atoms with Crippen LogP contribution < -0.4 is 5.32 Å². The number of allylic oxidation sites excluding steroid dienone is 2. The van der Waals surface area contributed by atoms with E-state index < -0.39 is 10.0 Å². The molecule has 4 nitrogen and oxygen atoms in total. The number of rotatable bonds is 3. The van der Waals surface area contributed by atoms with Gasteiger partial charge in [-0.1, -0.05) is 54.4 Å². The van der Waals surface area contributed by atoms with Crippen molar-refractivity contribution in [2.75, 3.05) is 18.4 Å². The molecule has 3 unspecified atom stereocenters. The van der Waals surface area contributed by atoms with Crippen molar-refractivity contribution in [3.05, 3.63) is 69.7 Å². The number of hydrogen-bond acceptors (Lipinski definition) is 3. The molecule has 3 atom stereocenters. The predicted octanol–water partition coefficient (Wildman–Crippen LogP) is 6.24. The van der Waals surface area contributed by atoms with E-state index in [1.807, 2.05) is 24.3 Å². The number of halogens is 2. The normalized spacial score (nSPS) is 26.4. The molecule has 1 saturated heterocycles. The molecule has 0 spiro atoms. The largest absolute Gasteiger partial charge is 0.378 e. The number of anilines is 1. The standard InChI is InChI=1S/C24H26Cl2N2O2S/c1-15-10-12-28(13-11-15)31(29,30)16-8-9-22-20(14-16)17-4-2-5-18(17)24(27-22)19-6-3-7-21(25)23(19)26/h2-4,6-9,14-15,17-18,24,27H,5,10-13H2,1H3. The van der Waals surface area contributed by atoms with Crippen molar-refractivity contribution < 1.29 is 8.42 Å². The van der Waals surface area contributed by atoms with Gasteiger partial charge >= 0.3 is 0 Å². The van der Waals surface area contributed by atoms with Gasteiger partial charge in [-0.2, -0.15) is 4.31 Å². The molecular weight excluding hydrogens is 451 g/mol. The third-order valence-electron chi connectivity index (χ3n) is 7.03. The summed E-state index contributed by atoms with van der Waals surface area (Å²) in [5.74, 6) is 0.990. The molecule has 5 rings (SSSR count). The summed E-state index contributed by atoms with van der Waals surface area (Å²) < 4.78 is 28.2. The molecule has 164 valence electrons. The first-order valence-corrected chi connectivity index (χ1v) is 13.1. The van der Waals surface area contributed by atoms with Crippen LogP contribution in [0.5, 0.6) is 0 Å². The van der Waals surface area contributed by atoms with Gasteiger partial charge in [0.15, 0.2) is 0 Å². The number of piperidine rings is 1. The minimum atomic E-state index is -3.48. The highest BCUT2D eigenvalue weighted by atomic mass is 35.5. The molecule has 31 heavy (non-hydrogen) atoms. The Hall–Kier alpha value is -1.53. The van der Waals surface area contributed by atoms with Gasteiger partial charge in [-0.3, -0.25) is 0 Å². The van der Waals surface area contributed by atoms with E-state index >= 15 is 0 Å². The molecule has 0 amide bonds. The highest BCUT2D eigenvalue weighted by Gasteiger charge is 2.40. The molecule has 0 bridgehead atoms. The van der Waals surface area contributed by atoms with Gasteiger partial charge in [-0.15, -0.1) is 0 Å². The molecule has 3 aliphatic rings. The first-order valence-electron chi connectivity index (χ1n) is 10.9. The zero-order valence-electron chi connectivity index (χ0n) is 17.4. The Kier molecular flexibility index (Phi) is 5.58. The Bertz CT molecular complexity index is 1140. The molecule has 1 fully saturated rings. The van der Waals surface area contributed by atoms with Gasteiger partial charge in [0.05, 0.1) is 21.0 Å². The summed E-state index contributed by atoms with van der Waals surface area (Å²) in [6.07, 6.45) is 7.13. The quantitative estimate of drug-likeness (QED) is 0.533. The SMILES string of the molecule is CC1CCN(S(=O)(=O)c2ccc3c(c2)C2C=CCC2C(c2cccc(Cl)c2Cl)N3)CC1. The van der Waals surface area contributed by atoms with Crippen molar-refractivity contribution in [2.24, 2.45) is 11.8 Å². The lowest BCUT2D eigenvalue weighted by molar-refractivity contribution is 0.288. The van der Waals surface area contributed by atoms with E-state index in [9.17, 15) is 8.42 Å².